The zero-order valence-corrected chi connectivity index (χ0v) is 17.4. The molecule has 1 saturated heterocycles. The summed E-state index contributed by atoms with van der Waals surface area (Å²) < 4.78 is 0. The normalized spacial score (nSPS) is 19.2. The molecule has 1 aromatic heterocycles. The number of halogens is 1. The molecule has 2 aromatic rings. The van der Waals surface area contributed by atoms with Gasteiger partial charge < -0.3 is 15.1 Å². The number of anilines is 2. The summed E-state index contributed by atoms with van der Waals surface area (Å²) in [5.41, 5.74) is 5.73. The van der Waals surface area contributed by atoms with Gasteiger partial charge in [-0.2, -0.15) is 0 Å². The molecule has 1 N–H and O–H groups in total. The lowest BCUT2D eigenvalue weighted by Crippen LogP contribution is -2.44. The van der Waals surface area contributed by atoms with E-state index in [0.29, 0.717) is 11.6 Å². The van der Waals surface area contributed by atoms with Crippen LogP contribution in [0.3, 0.4) is 0 Å². The Kier molecular flexibility index (Phi) is 4.60. The molecule has 4 heterocycles. The maximum atomic E-state index is 6.58. The van der Waals surface area contributed by atoms with Crippen LogP contribution < -0.4 is 10.2 Å². The maximum absolute atomic E-state index is 6.58. The second-order valence-corrected chi connectivity index (χ2v) is 8.14. The smallest absolute Gasteiger partial charge is 0.152 e. The SMILES string of the molecule is CC1=C2N=C(c3ccccc3Cl)c3cc(N4CCN(C)CC4)ncc3NC2=NC1. The predicted octanol–water partition coefficient (Wildman–Crippen LogP) is 3.44. The van der Waals surface area contributed by atoms with Gasteiger partial charge in [0.2, 0.25) is 0 Å². The van der Waals surface area contributed by atoms with Gasteiger partial charge in [0.05, 0.1) is 24.1 Å². The molecule has 1 aromatic carbocycles. The van der Waals surface area contributed by atoms with Gasteiger partial charge in [0.1, 0.15) is 11.5 Å². The Morgan fingerprint density at radius 3 is 2.66 bits per heavy atom. The molecule has 6 nitrogen and oxygen atoms in total. The molecule has 3 aliphatic heterocycles. The average molecular weight is 407 g/mol. The van der Waals surface area contributed by atoms with Gasteiger partial charge in [-0.3, -0.25) is 4.99 Å². The summed E-state index contributed by atoms with van der Waals surface area (Å²) in [7, 11) is 2.16. The summed E-state index contributed by atoms with van der Waals surface area (Å²) in [6, 6.07) is 10.00. The number of hydrogen-bond acceptors (Lipinski definition) is 6. The molecule has 29 heavy (non-hydrogen) atoms. The average Bonchev–Trinajstić information content (AvgIpc) is 2.98. The molecule has 7 heteroatoms. The fourth-order valence-corrected chi connectivity index (χ4v) is 4.13. The van der Waals surface area contributed by atoms with E-state index in [1.807, 2.05) is 30.5 Å². The Bertz CT molecular complexity index is 1060. The largest absolute Gasteiger partial charge is 0.354 e. The Morgan fingerprint density at radius 2 is 1.86 bits per heavy atom. The molecule has 148 valence electrons. The number of rotatable bonds is 2. The molecule has 1 fully saturated rings. The van der Waals surface area contributed by atoms with Crippen LogP contribution in [-0.2, 0) is 0 Å². The molecule has 0 saturated carbocycles. The van der Waals surface area contributed by atoms with E-state index in [1.54, 1.807) is 0 Å². The van der Waals surface area contributed by atoms with E-state index in [1.165, 1.54) is 0 Å². The van der Waals surface area contributed by atoms with Crippen molar-refractivity contribution in [3.63, 3.8) is 0 Å². The zero-order valence-electron chi connectivity index (χ0n) is 16.6. The van der Waals surface area contributed by atoms with Gasteiger partial charge in [-0.15, -0.1) is 0 Å². The molecule has 3 aliphatic rings. The highest BCUT2D eigenvalue weighted by molar-refractivity contribution is 6.36. The lowest BCUT2D eigenvalue weighted by Gasteiger charge is -2.33. The summed E-state index contributed by atoms with van der Waals surface area (Å²) in [6.45, 7) is 6.73. The second-order valence-electron chi connectivity index (χ2n) is 7.74. The summed E-state index contributed by atoms with van der Waals surface area (Å²) in [4.78, 5) is 19.1. The first kappa shape index (κ1) is 18.3. The highest BCUT2D eigenvalue weighted by Crippen LogP contribution is 2.32. The Hall–Kier alpha value is -2.70. The number of benzene rings is 1. The van der Waals surface area contributed by atoms with Crippen LogP contribution in [0.2, 0.25) is 5.02 Å². The van der Waals surface area contributed by atoms with Crippen molar-refractivity contribution in [2.45, 2.75) is 6.92 Å². The number of piperazine rings is 1. The van der Waals surface area contributed by atoms with E-state index >= 15 is 0 Å². The number of aliphatic imine (C=N–C) groups is 2. The van der Waals surface area contributed by atoms with Gasteiger partial charge in [-0.25, -0.2) is 9.98 Å². The van der Waals surface area contributed by atoms with Crippen LogP contribution in [0.25, 0.3) is 0 Å². The number of likely N-dealkylation sites (N-methyl/N-ethyl adjacent to an activating group) is 1. The van der Waals surface area contributed by atoms with Crippen molar-refractivity contribution < 1.29 is 0 Å². The number of amidine groups is 1. The van der Waals surface area contributed by atoms with Crippen LogP contribution in [0.5, 0.6) is 0 Å². The maximum Gasteiger partial charge on any atom is 0.152 e. The van der Waals surface area contributed by atoms with Crippen LogP contribution in [-0.4, -0.2) is 61.2 Å². The van der Waals surface area contributed by atoms with Crippen LogP contribution >= 0.6 is 11.6 Å². The second kappa shape index (κ2) is 7.28. The lowest BCUT2D eigenvalue weighted by molar-refractivity contribution is 0.312. The standard InChI is InChI=1S/C22H23ClN6/c1-14-12-25-22-20(14)27-21(15-5-3-4-6-17(15)23)16-11-19(24-13-18(16)26-22)29-9-7-28(2)8-10-29/h3-6,11,13H,7-10,12H2,1-2H3,(H,25,26). The number of nitrogens with zero attached hydrogens (tertiary/aromatic N) is 5. The van der Waals surface area contributed by atoms with Gasteiger partial charge in [0, 0.05) is 42.3 Å². The number of fused-ring (bicyclic) bond motifs is 2. The minimum atomic E-state index is 0.666. The molecule has 0 unspecified atom stereocenters. The van der Waals surface area contributed by atoms with Crippen molar-refractivity contribution in [2.75, 3.05) is 50.0 Å². The fraction of sp³-hybridized carbons (Fsp3) is 0.318. The van der Waals surface area contributed by atoms with Crippen LogP contribution in [0.15, 0.2) is 57.8 Å². The van der Waals surface area contributed by atoms with Gasteiger partial charge in [-0.1, -0.05) is 29.8 Å². The summed E-state index contributed by atoms with van der Waals surface area (Å²) >= 11 is 6.58. The van der Waals surface area contributed by atoms with Crippen LogP contribution in [0.1, 0.15) is 18.1 Å². The van der Waals surface area contributed by atoms with E-state index in [0.717, 1.165) is 71.6 Å². The van der Waals surface area contributed by atoms with Crippen molar-refractivity contribution >= 4 is 34.7 Å². The van der Waals surface area contributed by atoms with Gasteiger partial charge in [0.25, 0.3) is 0 Å². The number of nitrogens with one attached hydrogen (secondary N) is 1. The summed E-state index contributed by atoms with van der Waals surface area (Å²) in [5.74, 6) is 1.78. The molecule has 0 amide bonds. The third kappa shape index (κ3) is 3.32. The highest BCUT2D eigenvalue weighted by Gasteiger charge is 2.27. The third-order valence-corrected chi connectivity index (χ3v) is 6.01. The molecule has 0 aliphatic carbocycles. The number of pyridine rings is 1. The van der Waals surface area contributed by atoms with Gasteiger partial charge >= 0.3 is 0 Å². The first-order chi connectivity index (χ1) is 14.1. The van der Waals surface area contributed by atoms with Crippen LogP contribution in [0, 0.1) is 0 Å². The molecule has 0 atom stereocenters. The first-order valence-corrected chi connectivity index (χ1v) is 10.3. The first-order valence-electron chi connectivity index (χ1n) is 9.89. The molecule has 0 bridgehead atoms. The topological polar surface area (TPSA) is 56.1 Å². The molecule has 0 spiro atoms. The number of hydrogen-bond donors (Lipinski definition) is 1. The van der Waals surface area contributed by atoms with Crippen molar-refractivity contribution in [3.8, 4) is 0 Å². The Balaban J connectivity index is 1.66. The molecular weight excluding hydrogens is 384 g/mol. The minimum absolute atomic E-state index is 0.666. The van der Waals surface area contributed by atoms with E-state index in [2.05, 4.69) is 40.1 Å². The third-order valence-electron chi connectivity index (χ3n) is 5.68. The van der Waals surface area contributed by atoms with Gasteiger partial charge in [-0.05, 0) is 31.7 Å². The quantitative estimate of drug-likeness (QED) is 0.830. The van der Waals surface area contributed by atoms with E-state index < -0.39 is 0 Å². The molecule has 5 rings (SSSR count). The van der Waals surface area contributed by atoms with E-state index in [-0.39, 0.29) is 0 Å². The Morgan fingerprint density at radius 1 is 1.07 bits per heavy atom. The van der Waals surface area contributed by atoms with Crippen molar-refractivity contribution in [1.82, 2.24) is 9.88 Å². The summed E-state index contributed by atoms with van der Waals surface area (Å²) in [6.07, 6.45) is 1.90. The van der Waals surface area contributed by atoms with E-state index in [4.69, 9.17) is 21.6 Å². The molecular formula is C22H23ClN6. The lowest BCUT2D eigenvalue weighted by atomic mass is 10.0. The van der Waals surface area contributed by atoms with Crippen LogP contribution in [0.4, 0.5) is 11.5 Å². The molecule has 0 radical (unpaired) electrons. The van der Waals surface area contributed by atoms with E-state index in [9.17, 15) is 0 Å². The number of aromatic nitrogens is 1. The monoisotopic (exact) mass is 406 g/mol. The summed E-state index contributed by atoms with van der Waals surface area (Å²) in [5, 5.41) is 4.14. The highest BCUT2D eigenvalue weighted by atomic mass is 35.5. The van der Waals surface area contributed by atoms with Crippen molar-refractivity contribution in [3.05, 3.63) is 63.9 Å². The van der Waals surface area contributed by atoms with Crippen molar-refractivity contribution in [1.29, 1.82) is 0 Å². The predicted molar refractivity (Wildman–Crippen MR) is 120 cm³/mol. The Labute approximate surface area is 175 Å². The zero-order chi connectivity index (χ0) is 20.0. The minimum Gasteiger partial charge on any atom is -0.354 e. The van der Waals surface area contributed by atoms with Crippen molar-refractivity contribution in [2.24, 2.45) is 9.98 Å². The fourth-order valence-electron chi connectivity index (χ4n) is 3.90. The van der Waals surface area contributed by atoms with Gasteiger partial charge in [0.15, 0.2) is 5.84 Å².